The molecule has 0 aliphatic carbocycles. The molecule has 2 aromatic heterocycles. The fourth-order valence-corrected chi connectivity index (χ4v) is 2.76. The van der Waals surface area contributed by atoms with Crippen LogP contribution in [0.2, 0.25) is 0 Å². The predicted octanol–water partition coefficient (Wildman–Crippen LogP) is 1.83. The second-order valence-corrected chi connectivity index (χ2v) is 5.63. The van der Waals surface area contributed by atoms with Gasteiger partial charge in [0.1, 0.15) is 11.4 Å². The molecular weight excluding hydrogens is 330 g/mol. The molecule has 0 saturated carbocycles. The highest BCUT2D eigenvalue weighted by molar-refractivity contribution is 7.12. The molecule has 1 amide bonds. The standard InChI is InChI=1S/C15H13N5O3S/c1-23-15(22)13-11(7-8-24-13)16-12(21)9-20-18-14(17-19-20)10-5-3-2-4-6-10/h2-8H,9H2,1H3,(H,16,21). The van der Waals surface area contributed by atoms with E-state index in [-0.39, 0.29) is 12.5 Å². The molecule has 0 unspecified atom stereocenters. The smallest absolute Gasteiger partial charge is 0.350 e. The second-order valence-electron chi connectivity index (χ2n) is 4.71. The van der Waals surface area contributed by atoms with Crippen LogP contribution < -0.4 is 5.32 Å². The molecule has 3 aromatic rings. The van der Waals surface area contributed by atoms with E-state index in [2.05, 4.69) is 25.5 Å². The number of anilines is 1. The number of methoxy groups -OCH3 is 1. The Hall–Kier alpha value is -3.07. The minimum Gasteiger partial charge on any atom is -0.465 e. The van der Waals surface area contributed by atoms with Crippen LogP contribution >= 0.6 is 11.3 Å². The Morgan fingerprint density at radius 3 is 2.79 bits per heavy atom. The van der Waals surface area contributed by atoms with Gasteiger partial charge in [-0.25, -0.2) is 4.79 Å². The van der Waals surface area contributed by atoms with Crippen molar-refractivity contribution in [3.05, 3.63) is 46.7 Å². The van der Waals surface area contributed by atoms with E-state index in [1.807, 2.05) is 30.3 Å². The topological polar surface area (TPSA) is 99.0 Å². The van der Waals surface area contributed by atoms with Crippen LogP contribution in [0, 0.1) is 0 Å². The van der Waals surface area contributed by atoms with Crippen LogP contribution in [-0.4, -0.2) is 39.2 Å². The first-order valence-corrected chi connectivity index (χ1v) is 7.84. The van der Waals surface area contributed by atoms with Crippen LogP contribution in [0.4, 0.5) is 5.69 Å². The molecular formula is C15H13N5O3S. The highest BCUT2D eigenvalue weighted by Gasteiger charge is 2.16. The molecule has 0 spiro atoms. The molecule has 0 radical (unpaired) electrons. The molecule has 0 bridgehead atoms. The van der Waals surface area contributed by atoms with Gasteiger partial charge in [-0.2, -0.15) is 4.80 Å². The summed E-state index contributed by atoms with van der Waals surface area (Å²) in [6.45, 7) is -0.115. The summed E-state index contributed by atoms with van der Waals surface area (Å²) < 4.78 is 4.67. The number of esters is 1. The van der Waals surface area contributed by atoms with Gasteiger partial charge in [0.05, 0.1) is 12.8 Å². The maximum atomic E-state index is 12.1. The predicted molar refractivity (Wildman–Crippen MR) is 87.5 cm³/mol. The summed E-state index contributed by atoms with van der Waals surface area (Å²) in [5.74, 6) is -0.421. The van der Waals surface area contributed by atoms with E-state index in [0.717, 1.165) is 5.56 Å². The van der Waals surface area contributed by atoms with Crippen molar-refractivity contribution >= 4 is 28.9 Å². The Bertz CT molecular complexity index is 859. The van der Waals surface area contributed by atoms with Crippen LogP contribution in [0.1, 0.15) is 9.67 Å². The number of thiophene rings is 1. The summed E-state index contributed by atoms with van der Waals surface area (Å²) in [5.41, 5.74) is 1.22. The molecule has 0 fully saturated rings. The van der Waals surface area contributed by atoms with Gasteiger partial charge in [-0.05, 0) is 16.7 Å². The molecule has 0 atom stereocenters. The highest BCUT2D eigenvalue weighted by atomic mass is 32.1. The molecule has 2 heterocycles. The molecule has 3 rings (SSSR count). The van der Waals surface area contributed by atoms with E-state index in [0.29, 0.717) is 16.4 Å². The van der Waals surface area contributed by atoms with Gasteiger partial charge in [0.15, 0.2) is 0 Å². The van der Waals surface area contributed by atoms with Crippen molar-refractivity contribution < 1.29 is 14.3 Å². The van der Waals surface area contributed by atoms with E-state index in [9.17, 15) is 9.59 Å². The number of carbonyl (C=O) groups is 2. The average molecular weight is 343 g/mol. The third kappa shape index (κ3) is 3.46. The number of amides is 1. The van der Waals surface area contributed by atoms with Crippen molar-refractivity contribution in [3.8, 4) is 11.4 Å². The second kappa shape index (κ2) is 7.01. The van der Waals surface area contributed by atoms with Crippen LogP contribution in [-0.2, 0) is 16.1 Å². The van der Waals surface area contributed by atoms with Gasteiger partial charge in [0.2, 0.25) is 11.7 Å². The van der Waals surface area contributed by atoms with Crippen molar-refractivity contribution in [2.24, 2.45) is 0 Å². The average Bonchev–Trinajstić information content (AvgIpc) is 3.24. The van der Waals surface area contributed by atoms with E-state index >= 15 is 0 Å². The van der Waals surface area contributed by atoms with Crippen molar-refractivity contribution in [2.75, 3.05) is 12.4 Å². The van der Waals surface area contributed by atoms with Gasteiger partial charge in [-0.3, -0.25) is 4.79 Å². The van der Waals surface area contributed by atoms with Gasteiger partial charge in [0.25, 0.3) is 0 Å². The summed E-state index contributed by atoms with van der Waals surface area (Å²) in [6.07, 6.45) is 0. The number of ether oxygens (including phenoxy) is 1. The molecule has 0 aliphatic rings. The van der Waals surface area contributed by atoms with Gasteiger partial charge >= 0.3 is 5.97 Å². The lowest BCUT2D eigenvalue weighted by atomic mass is 10.2. The van der Waals surface area contributed by atoms with Crippen molar-refractivity contribution in [1.29, 1.82) is 0 Å². The number of nitrogens with zero attached hydrogens (tertiary/aromatic N) is 4. The third-order valence-corrected chi connectivity index (χ3v) is 3.97. The molecule has 1 aromatic carbocycles. The third-order valence-electron chi connectivity index (χ3n) is 3.08. The summed E-state index contributed by atoms with van der Waals surface area (Å²) in [6, 6.07) is 11.0. The molecule has 8 nitrogen and oxygen atoms in total. The largest absolute Gasteiger partial charge is 0.465 e. The fourth-order valence-electron chi connectivity index (χ4n) is 1.99. The van der Waals surface area contributed by atoms with Crippen molar-refractivity contribution in [1.82, 2.24) is 20.2 Å². The summed E-state index contributed by atoms with van der Waals surface area (Å²) in [7, 11) is 1.29. The normalized spacial score (nSPS) is 10.4. The summed E-state index contributed by atoms with van der Waals surface area (Å²) in [4.78, 5) is 25.2. The SMILES string of the molecule is COC(=O)c1sccc1NC(=O)Cn1nnc(-c2ccccc2)n1. The maximum absolute atomic E-state index is 12.1. The minimum atomic E-state index is -0.495. The fraction of sp³-hybridized carbons (Fsp3) is 0.133. The van der Waals surface area contributed by atoms with Crippen molar-refractivity contribution in [2.45, 2.75) is 6.54 Å². The number of hydrogen-bond donors (Lipinski definition) is 1. The summed E-state index contributed by atoms with van der Waals surface area (Å²) in [5, 5.41) is 16.3. The molecule has 0 saturated heterocycles. The van der Waals surface area contributed by atoms with Gasteiger partial charge in [-0.15, -0.1) is 21.5 Å². The number of aromatic nitrogens is 4. The molecule has 1 N–H and O–H groups in total. The molecule has 9 heteroatoms. The lowest BCUT2D eigenvalue weighted by molar-refractivity contribution is -0.117. The lowest BCUT2D eigenvalue weighted by Crippen LogP contribution is -2.21. The lowest BCUT2D eigenvalue weighted by Gasteiger charge is -2.04. The Morgan fingerprint density at radius 2 is 2.04 bits per heavy atom. The van der Waals surface area contributed by atoms with Gasteiger partial charge < -0.3 is 10.1 Å². The maximum Gasteiger partial charge on any atom is 0.350 e. The Balaban J connectivity index is 1.67. The van der Waals surface area contributed by atoms with E-state index in [1.54, 1.807) is 11.4 Å². The molecule has 122 valence electrons. The van der Waals surface area contributed by atoms with E-state index in [1.165, 1.54) is 23.2 Å². The number of rotatable bonds is 5. The number of nitrogens with one attached hydrogen (secondary N) is 1. The quantitative estimate of drug-likeness (QED) is 0.710. The van der Waals surface area contributed by atoms with Crippen LogP contribution in [0.25, 0.3) is 11.4 Å². The first-order chi connectivity index (χ1) is 11.7. The molecule has 24 heavy (non-hydrogen) atoms. The zero-order valence-corrected chi connectivity index (χ0v) is 13.5. The number of benzene rings is 1. The Labute approximate surface area is 141 Å². The van der Waals surface area contributed by atoms with Crippen LogP contribution in [0.3, 0.4) is 0 Å². The van der Waals surface area contributed by atoms with Gasteiger partial charge in [-0.1, -0.05) is 30.3 Å². The Kier molecular flexibility index (Phi) is 4.62. The summed E-state index contributed by atoms with van der Waals surface area (Å²) >= 11 is 1.19. The van der Waals surface area contributed by atoms with E-state index in [4.69, 9.17) is 0 Å². The first kappa shape index (κ1) is 15.8. The highest BCUT2D eigenvalue weighted by Crippen LogP contribution is 2.23. The number of hydrogen-bond acceptors (Lipinski definition) is 7. The number of carbonyl (C=O) groups excluding carboxylic acids is 2. The first-order valence-electron chi connectivity index (χ1n) is 6.96. The zero-order chi connectivity index (χ0) is 16.9. The zero-order valence-electron chi connectivity index (χ0n) is 12.7. The number of tetrazole rings is 1. The monoisotopic (exact) mass is 343 g/mol. The van der Waals surface area contributed by atoms with Crippen LogP contribution in [0.15, 0.2) is 41.8 Å². The van der Waals surface area contributed by atoms with Crippen LogP contribution in [0.5, 0.6) is 0 Å². The van der Waals surface area contributed by atoms with E-state index < -0.39 is 5.97 Å². The Morgan fingerprint density at radius 1 is 1.25 bits per heavy atom. The minimum absolute atomic E-state index is 0.115. The molecule has 0 aliphatic heterocycles. The van der Waals surface area contributed by atoms with Gasteiger partial charge in [0, 0.05) is 5.56 Å². The van der Waals surface area contributed by atoms with Crippen molar-refractivity contribution in [3.63, 3.8) is 0 Å².